The molecule has 1 fully saturated rings. The highest BCUT2D eigenvalue weighted by Crippen LogP contribution is 2.28. The first-order valence-corrected chi connectivity index (χ1v) is 10.8. The van der Waals surface area contributed by atoms with Gasteiger partial charge in [0.2, 0.25) is 15.9 Å². The summed E-state index contributed by atoms with van der Waals surface area (Å²) < 4.78 is 41.3. The standard InChI is InChI=1S/C20H22ClFN2O3S/c1-14-8-10-15(11-9-14)28(26,27)24-12-4-7-19(24)20(25)23(2)13-16-17(21)5-3-6-18(16)22/h3,5-6,8-11,19H,4,7,12-13H2,1-2H3. The third-order valence-corrected chi connectivity index (χ3v) is 7.23. The second kappa shape index (κ2) is 8.19. The molecule has 28 heavy (non-hydrogen) atoms. The molecule has 2 aromatic carbocycles. The van der Waals surface area contributed by atoms with Gasteiger partial charge < -0.3 is 4.90 Å². The molecule has 8 heteroatoms. The van der Waals surface area contributed by atoms with Crippen LogP contribution in [0, 0.1) is 12.7 Å². The van der Waals surface area contributed by atoms with Crippen LogP contribution in [0.25, 0.3) is 0 Å². The summed E-state index contributed by atoms with van der Waals surface area (Å²) in [5.41, 5.74) is 1.17. The summed E-state index contributed by atoms with van der Waals surface area (Å²) in [6.45, 7) is 2.13. The average Bonchev–Trinajstić information content (AvgIpc) is 3.15. The molecule has 150 valence electrons. The fourth-order valence-corrected chi connectivity index (χ4v) is 5.25. The Morgan fingerprint density at radius 3 is 2.57 bits per heavy atom. The van der Waals surface area contributed by atoms with Gasteiger partial charge in [-0.05, 0) is 44.0 Å². The molecule has 0 aromatic heterocycles. The highest BCUT2D eigenvalue weighted by molar-refractivity contribution is 7.89. The van der Waals surface area contributed by atoms with Crippen LogP contribution in [-0.2, 0) is 21.4 Å². The Kier molecular flexibility index (Phi) is 6.07. The minimum Gasteiger partial charge on any atom is -0.340 e. The first kappa shape index (κ1) is 20.8. The van der Waals surface area contributed by atoms with E-state index in [1.807, 2.05) is 6.92 Å². The fraction of sp³-hybridized carbons (Fsp3) is 0.350. The lowest BCUT2D eigenvalue weighted by Gasteiger charge is -2.28. The van der Waals surface area contributed by atoms with Gasteiger partial charge in [-0.15, -0.1) is 0 Å². The van der Waals surface area contributed by atoms with Gasteiger partial charge in [-0.2, -0.15) is 4.31 Å². The Morgan fingerprint density at radius 1 is 1.25 bits per heavy atom. The fourth-order valence-electron chi connectivity index (χ4n) is 3.37. The molecular weight excluding hydrogens is 403 g/mol. The first-order chi connectivity index (χ1) is 13.2. The molecule has 1 unspecified atom stereocenters. The number of hydrogen-bond acceptors (Lipinski definition) is 3. The topological polar surface area (TPSA) is 57.7 Å². The van der Waals surface area contributed by atoms with Crippen molar-refractivity contribution in [1.82, 2.24) is 9.21 Å². The number of sulfonamides is 1. The molecule has 0 N–H and O–H groups in total. The Labute approximate surface area is 169 Å². The first-order valence-electron chi connectivity index (χ1n) is 8.98. The van der Waals surface area contributed by atoms with Crippen molar-refractivity contribution in [3.05, 3.63) is 64.4 Å². The van der Waals surface area contributed by atoms with Crippen LogP contribution in [0.3, 0.4) is 0 Å². The van der Waals surface area contributed by atoms with Gasteiger partial charge in [0.05, 0.1) is 4.90 Å². The van der Waals surface area contributed by atoms with Crippen molar-refractivity contribution >= 4 is 27.5 Å². The largest absolute Gasteiger partial charge is 0.340 e. The summed E-state index contributed by atoms with van der Waals surface area (Å²) in [6.07, 6.45) is 1.02. The predicted molar refractivity (Wildman–Crippen MR) is 106 cm³/mol. The SMILES string of the molecule is Cc1ccc(S(=O)(=O)N2CCCC2C(=O)N(C)Cc2c(F)cccc2Cl)cc1. The van der Waals surface area contributed by atoms with E-state index in [-0.39, 0.29) is 34.5 Å². The van der Waals surface area contributed by atoms with Gasteiger partial charge in [0.25, 0.3) is 0 Å². The molecule has 0 aliphatic carbocycles. The number of halogens is 2. The van der Waals surface area contributed by atoms with Crippen molar-refractivity contribution in [2.45, 2.75) is 37.2 Å². The molecule has 0 radical (unpaired) electrons. The number of carbonyl (C=O) groups is 1. The highest BCUT2D eigenvalue weighted by Gasteiger charge is 2.40. The molecule has 2 aromatic rings. The van der Waals surface area contributed by atoms with Crippen LogP contribution in [0.15, 0.2) is 47.4 Å². The Balaban J connectivity index is 1.81. The zero-order chi connectivity index (χ0) is 20.5. The number of amides is 1. The van der Waals surface area contributed by atoms with Gasteiger partial charge in [0.15, 0.2) is 0 Å². The monoisotopic (exact) mass is 424 g/mol. The van der Waals surface area contributed by atoms with E-state index in [2.05, 4.69) is 0 Å². The summed E-state index contributed by atoms with van der Waals surface area (Å²) in [5, 5.41) is 0.232. The van der Waals surface area contributed by atoms with E-state index in [9.17, 15) is 17.6 Å². The molecule has 1 atom stereocenters. The smallest absolute Gasteiger partial charge is 0.243 e. The van der Waals surface area contributed by atoms with Gasteiger partial charge in [-0.3, -0.25) is 4.79 Å². The second-order valence-corrected chi connectivity index (χ2v) is 9.28. The molecule has 0 saturated carbocycles. The van der Waals surface area contributed by atoms with Crippen molar-refractivity contribution in [3.63, 3.8) is 0 Å². The highest BCUT2D eigenvalue weighted by atomic mass is 35.5. The third kappa shape index (κ3) is 4.06. The van der Waals surface area contributed by atoms with Gasteiger partial charge >= 0.3 is 0 Å². The number of aryl methyl sites for hydroxylation is 1. The van der Waals surface area contributed by atoms with Gasteiger partial charge in [0, 0.05) is 30.7 Å². The Hall–Kier alpha value is -1.96. The minimum absolute atomic E-state index is 0.0285. The summed E-state index contributed by atoms with van der Waals surface area (Å²) in [5.74, 6) is -0.866. The van der Waals surface area contributed by atoms with Gasteiger partial charge in [-0.25, -0.2) is 12.8 Å². The van der Waals surface area contributed by atoms with Crippen molar-refractivity contribution < 1.29 is 17.6 Å². The number of nitrogens with zero attached hydrogens (tertiary/aromatic N) is 2. The van der Waals surface area contributed by atoms with E-state index >= 15 is 0 Å². The van der Waals surface area contributed by atoms with Crippen LogP contribution in [-0.4, -0.2) is 43.2 Å². The summed E-state index contributed by atoms with van der Waals surface area (Å²) in [4.78, 5) is 14.5. The van der Waals surface area contributed by atoms with Gasteiger partial charge in [-0.1, -0.05) is 35.4 Å². The molecule has 1 saturated heterocycles. The molecule has 3 rings (SSSR count). The van der Waals surface area contributed by atoms with E-state index in [0.29, 0.717) is 12.8 Å². The van der Waals surface area contributed by atoms with Crippen LogP contribution in [0.5, 0.6) is 0 Å². The number of carbonyl (C=O) groups excluding carboxylic acids is 1. The van der Waals surface area contributed by atoms with Crippen LogP contribution in [0.1, 0.15) is 24.0 Å². The van der Waals surface area contributed by atoms with Crippen LogP contribution in [0.4, 0.5) is 4.39 Å². The van der Waals surface area contributed by atoms with Crippen molar-refractivity contribution in [3.8, 4) is 0 Å². The van der Waals surface area contributed by atoms with E-state index < -0.39 is 21.9 Å². The molecule has 1 heterocycles. The zero-order valence-electron chi connectivity index (χ0n) is 15.7. The quantitative estimate of drug-likeness (QED) is 0.736. The summed E-state index contributed by atoms with van der Waals surface area (Å²) in [6, 6.07) is 10.1. The lowest BCUT2D eigenvalue weighted by Crippen LogP contribution is -2.46. The van der Waals surface area contributed by atoms with Crippen molar-refractivity contribution in [2.24, 2.45) is 0 Å². The third-order valence-electron chi connectivity index (χ3n) is 4.95. The maximum absolute atomic E-state index is 14.0. The summed E-state index contributed by atoms with van der Waals surface area (Å²) in [7, 11) is -2.26. The maximum atomic E-state index is 14.0. The number of benzene rings is 2. The molecular formula is C20H22ClFN2O3S. The van der Waals surface area contributed by atoms with Crippen LogP contribution < -0.4 is 0 Å². The van der Waals surface area contributed by atoms with E-state index in [1.54, 1.807) is 30.3 Å². The van der Waals surface area contributed by atoms with E-state index in [1.165, 1.54) is 28.4 Å². The van der Waals surface area contributed by atoms with Crippen molar-refractivity contribution in [2.75, 3.05) is 13.6 Å². The van der Waals surface area contributed by atoms with Crippen molar-refractivity contribution in [1.29, 1.82) is 0 Å². The molecule has 1 aliphatic heterocycles. The molecule has 1 aliphatic rings. The molecule has 0 bridgehead atoms. The van der Waals surface area contributed by atoms with Crippen LogP contribution >= 0.6 is 11.6 Å². The predicted octanol–water partition coefficient (Wildman–Crippen LogP) is 3.60. The lowest BCUT2D eigenvalue weighted by molar-refractivity contribution is -0.133. The number of rotatable bonds is 5. The lowest BCUT2D eigenvalue weighted by atomic mass is 10.1. The van der Waals surface area contributed by atoms with Gasteiger partial charge in [0.1, 0.15) is 11.9 Å². The zero-order valence-corrected chi connectivity index (χ0v) is 17.3. The average molecular weight is 425 g/mol. The van der Waals surface area contributed by atoms with E-state index in [0.717, 1.165) is 5.56 Å². The molecule has 0 spiro atoms. The van der Waals surface area contributed by atoms with Crippen LogP contribution in [0.2, 0.25) is 5.02 Å². The molecule has 1 amide bonds. The maximum Gasteiger partial charge on any atom is 0.243 e. The second-order valence-electron chi connectivity index (χ2n) is 6.98. The summed E-state index contributed by atoms with van der Waals surface area (Å²) >= 11 is 6.05. The number of hydrogen-bond donors (Lipinski definition) is 0. The molecule has 5 nitrogen and oxygen atoms in total. The Bertz CT molecular complexity index is 959. The normalized spacial score (nSPS) is 17.6. The minimum atomic E-state index is -3.79. The number of likely N-dealkylation sites (N-methyl/N-ethyl adjacent to an activating group) is 1. The Morgan fingerprint density at radius 2 is 1.93 bits per heavy atom. The van der Waals surface area contributed by atoms with E-state index in [4.69, 9.17) is 11.6 Å².